The third-order valence-electron chi connectivity index (χ3n) is 5.08. The fraction of sp³-hybridized carbons (Fsp3) is 0.136. The van der Waals surface area contributed by atoms with E-state index in [9.17, 15) is 10.1 Å². The lowest BCUT2D eigenvalue weighted by molar-refractivity contribution is -0.384. The van der Waals surface area contributed by atoms with Gasteiger partial charge in [-0.1, -0.05) is 35.5 Å². The van der Waals surface area contributed by atoms with Gasteiger partial charge >= 0.3 is 0 Å². The third-order valence-corrected chi connectivity index (χ3v) is 6.32. The van der Waals surface area contributed by atoms with Crippen LogP contribution in [0.25, 0.3) is 11.3 Å². The number of ether oxygens (including phenoxy) is 1. The van der Waals surface area contributed by atoms with E-state index in [2.05, 4.69) is 10.2 Å². The summed E-state index contributed by atoms with van der Waals surface area (Å²) >= 11 is 7.76. The Morgan fingerprint density at radius 3 is 2.67 bits per heavy atom. The van der Waals surface area contributed by atoms with Gasteiger partial charge in [0.15, 0.2) is 11.6 Å². The first kappa shape index (κ1) is 21.2. The molecule has 1 aliphatic heterocycles. The number of nitro benzene ring substituents is 1. The van der Waals surface area contributed by atoms with Crippen molar-refractivity contribution in [1.29, 1.82) is 0 Å². The number of methoxy groups -OCH3 is 1. The largest absolute Gasteiger partial charge is 0.497 e. The Kier molecular flexibility index (Phi) is 5.61. The number of nitro groups is 1. The maximum absolute atomic E-state index is 10.9. The second-order valence-electron chi connectivity index (χ2n) is 7.16. The predicted molar refractivity (Wildman–Crippen MR) is 124 cm³/mol. The van der Waals surface area contributed by atoms with Gasteiger partial charge < -0.3 is 9.15 Å². The smallest absolute Gasteiger partial charge is 0.270 e. The molecule has 0 radical (unpaired) electrons. The van der Waals surface area contributed by atoms with Crippen molar-refractivity contribution in [1.82, 2.24) is 14.9 Å². The summed E-state index contributed by atoms with van der Waals surface area (Å²) in [5.74, 6) is 3.17. The van der Waals surface area contributed by atoms with Crippen LogP contribution in [0.15, 0.2) is 69.3 Å². The number of benzene rings is 2. The molecule has 2 aromatic carbocycles. The molecule has 11 heteroatoms. The molecule has 0 unspecified atom stereocenters. The molecule has 0 amide bonds. The lowest BCUT2D eigenvalue weighted by Gasteiger charge is -2.12. The van der Waals surface area contributed by atoms with Gasteiger partial charge in [-0.25, -0.2) is 0 Å². The van der Waals surface area contributed by atoms with Crippen LogP contribution in [0.4, 0.5) is 5.69 Å². The summed E-state index contributed by atoms with van der Waals surface area (Å²) in [4.78, 5) is 10.5. The summed E-state index contributed by atoms with van der Waals surface area (Å²) in [7, 11) is 1.63. The minimum atomic E-state index is -0.489. The molecule has 4 aromatic rings. The molecule has 2 aromatic heterocycles. The van der Waals surface area contributed by atoms with Crippen LogP contribution in [0.3, 0.4) is 0 Å². The molecule has 0 saturated carbocycles. The van der Waals surface area contributed by atoms with Gasteiger partial charge in [0.1, 0.15) is 17.2 Å². The van der Waals surface area contributed by atoms with E-state index in [0.29, 0.717) is 40.2 Å². The van der Waals surface area contributed by atoms with Gasteiger partial charge in [-0.2, -0.15) is 9.78 Å². The van der Waals surface area contributed by atoms with E-state index in [0.717, 1.165) is 17.0 Å². The van der Waals surface area contributed by atoms with Crippen LogP contribution in [-0.4, -0.2) is 38.4 Å². The van der Waals surface area contributed by atoms with Crippen LogP contribution in [0.5, 0.6) is 5.75 Å². The number of nitrogens with zero attached hydrogens (tertiary/aromatic N) is 5. The lowest BCUT2D eigenvalue weighted by Crippen LogP contribution is -2.14. The van der Waals surface area contributed by atoms with E-state index in [1.165, 1.54) is 23.9 Å². The van der Waals surface area contributed by atoms with Crippen molar-refractivity contribution in [3.8, 4) is 17.1 Å². The first-order valence-corrected chi connectivity index (χ1v) is 11.2. The van der Waals surface area contributed by atoms with Crippen LogP contribution in [0.1, 0.15) is 17.1 Å². The van der Waals surface area contributed by atoms with Gasteiger partial charge in [0.05, 0.1) is 17.1 Å². The molecular weight excluding hydrogens is 466 g/mol. The first-order valence-electron chi connectivity index (χ1n) is 9.84. The van der Waals surface area contributed by atoms with Gasteiger partial charge in [0.25, 0.3) is 5.69 Å². The minimum Gasteiger partial charge on any atom is -0.497 e. The maximum Gasteiger partial charge on any atom is 0.270 e. The summed E-state index contributed by atoms with van der Waals surface area (Å²) in [6.07, 6.45) is 0.566. The Morgan fingerprint density at radius 1 is 1.15 bits per heavy atom. The van der Waals surface area contributed by atoms with Crippen molar-refractivity contribution >= 4 is 34.8 Å². The molecule has 166 valence electrons. The average Bonchev–Trinajstić information content (AvgIpc) is 3.47. The van der Waals surface area contributed by atoms with Crippen LogP contribution in [0.2, 0.25) is 5.02 Å². The summed E-state index contributed by atoms with van der Waals surface area (Å²) in [6.45, 7) is 0. The standard InChI is InChI=1S/C22H16ClN5O4S/c1-31-15-5-2-13(3-6-15)10-21-24-25-22-27(21)26-18(12-33-22)20-9-8-19(32-20)16-7-4-14(28(29)30)11-17(16)23/h2-9,11H,10,12H2,1H3. The molecule has 0 bridgehead atoms. The Bertz CT molecular complexity index is 1380. The zero-order valence-electron chi connectivity index (χ0n) is 17.3. The summed E-state index contributed by atoms with van der Waals surface area (Å²) < 4.78 is 12.9. The number of hydrogen-bond acceptors (Lipinski definition) is 8. The molecule has 0 atom stereocenters. The maximum atomic E-state index is 10.9. The van der Waals surface area contributed by atoms with Crippen molar-refractivity contribution in [3.05, 3.63) is 86.9 Å². The first-order chi connectivity index (χ1) is 16.0. The van der Waals surface area contributed by atoms with Gasteiger partial charge in [0.2, 0.25) is 5.16 Å². The summed E-state index contributed by atoms with van der Waals surface area (Å²) in [5.41, 5.74) is 2.29. The fourth-order valence-corrected chi connectivity index (χ4v) is 4.48. The van der Waals surface area contributed by atoms with Crippen molar-refractivity contribution in [2.75, 3.05) is 12.9 Å². The number of rotatable bonds is 6. The molecule has 0 fully saturated rings. The SMILES string of the molecule is COc1ccc(Cc2nnc3n2N=C(c2ccc(-c4ccc([N+](=O)[O-])cc4Cl)o2)CS3)cc1. The van der Waals surface area contributed by atoms with Gasteiger partial charge in [-0.3, -0.25) is 10.1 Å². The molecule has 1 aliphatic rings. The molecule has 3 heterocycles. The van der Waals surface area contributed by atoms with Gasteiger partial charge in [-0.15, -0.1) is 10.2 Å². The van der Waals surface area contributed by atoms with Crippen LogP contribution >= 0.6 is 23.4 Å². The summed E-state index contributed by atoms with van der Waals surface area (Å²) in [6, 6.07) is 15.6. The topological polar surface area (TPSA) is 109 Å². The highest BCUT2D eigenvalue weighted by atomic mass is 35.5. The van der Waals surface area contributed by atoms with Crippen LogP contribution in [0, 0.1) is 10.1 Å². The Hall–Kier alpha value is -3.63. The molecule has 0 N–H and O–H groups in total. The molecular formula is C22H16ClN5O4S. The molecule has 0 aliphatic carbocycles. The number of fused-ring (bicyclic) bond motifs is 1. The molecule has 0 spiro atoms. The average molecular weight is 482 g/mol. The fourth-order valence-electron chi connectivity index (χ4n) is 3.38. The van der Waals surface area contributed by atoms with Crippen molar-refractivity contribution in [2.45, 2.75) is 11.6 Å². The Balaban J connectivity index is 1.41. The predicted octanol–water partition coefficient (Wildman–Crippen LogP) is 5.06. The number of hydrogen-bond donors (Lipinski definition) is 0. The summed E-state index contributed by atoms with van der Waals surface area (Å²) in [5, 5.41) is 25.2. The molecule has 5 rings (SSSR count). The normalized spacial score (nSPS) is 12.8. The highest BCUT2D eigenvalue weighted by molar-refractivity contribution is 7.99. The third kappa shape index (κ3) is 4.22. The molecule has 0 saturated heterocycles. The van der Waals surface area contributed by atoms with Gasteiger partial charge in [-0.05, 0) is 35.9 Å². The highest BCUT2D eigenvalue weighted by Gasteiger charge is 2.22. The minimum absolute atomic E-state index is 0.0758. The lowest BCUT2D eigenvalue weighted by atomic mass is 10.1. The number of halogens is 1. The monoisotopic (exact) mass is 481 g/mol. The van der Waals surface area contributed by atoms with Crippen molar-refractivity contribution < 1.29 is 14.1 Å². The zero-order chi connectivity index (χ0) is 22.9. The van der Waals surface area contributed by atoms with Crippen molar-refractivity contribution in [3.63, 3.8) is 0 Å². The van der Waals surface area contributed by atoms with E-state index >= 15 is 0 Å². The second-order valence-corrected chi connectivity index (χ2v) is 8.51. The van der Waals surface area contributed by atoms with E-state index < -0.39 is 4.92 Å². The molecule has 33 heavy (non-hydrogen) atoms. The number of thioether (sulfide) groups is 1. The second kappa shape index (κ2) is 8.72. The van der Waals surface area contributed by atoms with Crippen LogP contribution in [-0.2, 0) is 6.42 Å². The van der Waals surface area contributed by atoms with Crippen molar-refractivity contribution in [2.24, 2.45) is 5.10 Å². The van der Waals surface area contributed by atoms with E-state index in [1.54, 1.807) is 23.9 Å². The number of non-ortho nitro benzene ring substituents is 1. The molecule has 9 nitrogen and oxygen atoms in total. The highest BCUT2D eigenvalue weighted by Crippen LogP contribution is 2.33. The quantitative estimate of drug-likeness (QED) is 0.280. The van der Waals surface area contributed by atoms with E-state index in [4.69, 9.17) is 25.9 Å². The van der Waals surface area contributed by atoms with E-state index in [1.807, 2.05) is 30.3 Å². The Labute approximate surface area is 197 Å². The van der Waals surface area contributed by atoms with Crippen LogP contribution < -0.4 is 4.74 Å². The van der Waals surface area contributed by atoms with E-state index in [-0.39, 0.29) is 10.7 Å². The number of aromatic nitrogens is 3. The number of furan rings is 1. The zero-order valence-corrected chi connectivity index (χ0v) is 18.8. The van der Waals surface area contributed by atoms with Gasteiger partial charge in [0, 0.05) is 29.9 Å². The Morgan fingerprint density at radius 2 is 1.94 bits per heavy atom.